The van der Waals surface area contributed by atoms with Gasteiger partial charge in [-0.15, -0.1) is 0 Å². The minimum absolute atomic E-state index is 0.00875. The summed E-state index contributed by atoms with van der Waals surface area (Å²) < 4.78 is 13.5. The van der Waals surface area contributed by atoms with E-state index in [9.17, 15) is 9.18 Å². The van der Waals surface area contributed by atoms with Gasteiger partial charge in [-0.25, -0.2) is 4.39 Å². The lowest BCUT2D eigenvalue weighted by molar-refractivity contribution is 0.0916. The van der Waals surface area contributed by atoms with Crippen molar-refractivity contribution >= 4 is 5.78 Å². The van der Waals surface area contributed by atoms with E-state index in [1.54, 1.807) is 12.1 Å². The quantitative estimate of drug-likeness (QED) is 0.694. The average Bonchev–Trinajstić information content (AvgIpc) is 2.67. The van der Waals surface area contributed by atoms with Crippen LogP contribution in [0, 0.1) is 24.6 Å². The first kappa shape index (κ1) is 11.3. The summed E-state index contributed by atoms with van der Waals surface area (Å²) in [5, 5.41) is 0. The first-order chi connectivity index (χ1) is 7.58. The van der Waals surface area contributed by atoms with Crippen LogP contribution in [0.1, 0.15) is 42.1 Å². The van der Waals surface area contributed by atoms with Crippen molar-refractivity contribution in [3.8, 4) is 0 Å². The highest BCUT2D eigenvalue weighted by atomic mass is 19.1. The molecule has 0 saturated heterocycles. The van der Waals surface area contributed by atoms with Crippen LogP contribution in [0.15, 0.2) is 18.2 Å². The monoisotopic (exact) mass is 220 g/mol. The molecule has 0 spiro atoms. The number of carbonyl (C=O) groups excluding carboxylic acids is 1. The number of hydrogen-bond donors (Lipinski definition) is 0. The van der Waals surface area contributed by atoms with Crippen molar-refractivity contribution in [1.29, 1.82) is 0 Å². The van der Waals surface area contributed by atoms with Gasteiger partial charge in [0.05, 0.1) is 5.56 Å². The summed E-state index contributed by atoms with van der Waals surface area (Å²) in [6.45, 7) is 4.04. The lowest BCUT2D eigenvalue weighted by Crippen LogP contribution is -2.13. The second-order valence-electron chi connectivity index (χ2n) is 4.96. The Labute approximate surface area is 95.7 Å². The van der Waals surface area contributed by atoms with E-state index in [4.69, 9.17) is 0 Å². The van der Waals surface area contributed by atoms with Gasteiger partial charge in [-0.05, 0) is 44.2 Å². The average molecular weight is 220 g/mol. The minimum atomic E-state index is -0.379. The van der Waals surface area contributed by atoms with Crippen molar-refractivity contribution in [2.24, 2.45) is 11.8 Å². The Bertz CT molecular complexity index is 411. The summed E-state index contributed by atoms with van der Waals surface area (Å²) >= 11 is 0. The third-order valence-corrected chi connectivity index (χ3v) is 3.45. The molecule has 2 atom stereocenters. The first-order valence-electron chi connectivity index (χ1n) is 5.88. The van der Waals surface area contributed by atoms with Gasteiger partial charge in [-0.3, -0.25) is 4.79 Å². The number of ketones is 1. The number of halogens is 1. The van der Waals surface area contributed by atoms with Crippen molar-refractivity contribution < 1.29 is 9.18 Å². The fourth-order valence-electron chi connectivity index (χ4n) is 2.49. The van der Waals surface area contributed by atoms with E-state index in [2.05, 4.69) is 6.92 Å². The topological polar surface area (TPSA) is 17.1 Å². The molecule has 0 N–H and O–H groups in total. The second kappa shape index (κ2) is 4.36. The largest absolute Gasteiger partial charge is 0.294 e. The predicted octanol–water partition coefficient (Wildman–Crippen LogP) is 3.75. The van der Waals surface area contributed by atoms with Gasteiger partial charge in [0.1, 0.15) is 5.82 Å². The fraction of sp³-hybridized carbons (Fsp3) is 0.500. The molecule has 0 amide bonds. The Kier molecular flexibility index (Phi) is 3.08. The molecule has 16 heavy (non-hydrogen) atoms. The number of hydrogen-bond acceptors (Lipinski definition) is 1. The highest BCUT2D eigenvalue weighted by Gasteiger charge is 2.29. The molecule has 1 aliphatic carbocycles. The van der Waals surface area contributed by atoms with Crippen molar-refractivity contribution in [1.82, 2.24) is 0 Å². The molecule has 0 aromatic heterocycles. The Morgan fingerprint density at radius 3 is 2.75 bits per heavy atom. The zero-order chi connectivity index (χ0) is 11.7. The van der Waals surface area contributed by atoms with E-state index in [1.165, 1.54) is 6.07 Å². The Morgan fingerprint density at radius 1 is 1.38 bits per heavy atom. The molecule has 2 heteroatoms. The van der Waals surface area contributed by atoms with Gasteiger partial charge in [0.25, 0.3) is 0 Å². The summed E-state index contributed by atoms with van der Waals surface area (Å²) in [4.78, 5) is 12.1. The number of aryl methyl sites for hydroxylation is 1. The van der Waals surface area contributed by atoms with E-state index >= 15 is 0 Å². The van der Waals surface area contributed by atoms with Crippen molar-refractivity contribution in [2.45, 2.75) is 33.1 Å². The maximum Gasteiger partial charge on any atom is 0.168 e. The van der Waals surface area contributed by atoms with Crippen molar-refractivity contribution in [3.63, 3.8) is 0 Å². The van der Waals surface area contributed by atoms with Crippen molar-refractivity contribution in [2.75, 3.05) is 0 Å². The maximum atomic E-state index is 13.5. The molecule has 1 fully saturated rings. The van der Waals surface area contributed by atoms with Gasteiger partial charge in [0, 0.05) is 5.92 Å². The van der Waals surface area contributed by atoms with Crippen LogP contribution < -0.4 is 0 Å². The molecule has 2 unspecified atom stereocenters. The van der Waals surface area contributed by atoms with E-state index in [-0.39, 0.29) is 23.1 Å². The number of Topliss-reactive ketones (excluding diaryl/α,β-unsaturated/α-hetero) is 1. The van der Waals surface area contributed by atoms with Gasteiger partial charge in [-0.1, -0.05) is 18.6 Å². The van der Waals surface area contributed by atoms with E-state index in [0.29, 0.717) is 5.92 Å². The summed E-state index contributed by atoms with van der Waals surface area (Å²) in [7, 11) is 0. The van der Waals surface area contributed by atoms with E-state index in [0.717, 1.165) is 24.8 Å². The molecule has 1 aliphatic rings. The summed E-state index contributed by atoms with van der Waals surface area (Å²) in [6, 6.07) is 4.75. The third kappa shape index (κ3) is 2.16. The normalized spacial score (nSPS) is 24.7. The Balaban J connectivity index is 2.23. The smallest absolute Gasteiger partial charge is 0.168 e. The second-order valence-corrected chi connectivity index (χ2v) is 4.96. The lowest BCUT2D eigenvalue weighted by Gasteiger charge is -2.09. The van der Waals surface area contributed by atoms with Crippen LogP contribution in [-0.4, -0.2) is 5.78 Å². The van der Waals surface area contributed by atoms with Crippen LogP contribution in [0.2, 0.25) is 0 Å². The van der Waals surface area contributed by atoms with E-state index in [1.807, 2.05) is 6.92 Å². The minimum Gasteiger partial charge on any atom is -0.294 e. The Morgan fingerprint density at radius 2 is 2.12 bits per heavy atom. The molecule has 1 aromatic carbocycles. The molecule has 2 rings (SSSR count). The summed E-state index contributed by atoms with van der Waals surface area (Å²) in [5.74, 6) is 0.244. The molecule has 0 bridgehead atoms. The van der Waals surface area contributed by atoms with E-state index < -0.39 is 0 Å². The van der Waals surface area contributed by atoms with Gasteiger partial charge in [0.15, 0.2) is 5.78 Å². The molecule has 0 radical (unpaired) electrons. The zero-order valence-electron chi connectivity index (χ0n) is 9.79. The van der Waals surface area contributed by atoms with Gasteiger partial charge in [-0.2, -0.15) is 0 Å². The maximum absolute atomic E-state index is 13.5. The standard InChI is InChI=1S/C14H17FO/c1-9-3-5-11(7-9)14(16)12-8-10(2)4-6-13(12)15/h4,6,8-9,11H,3,5,7H2,1-2H3. The number of rotatable bonds is 2. The predicted molar refractivity (Wildman–Crippen MR) is 62.0 cm³/mol. The number of carbonyl (C=O) groups is 1. The van der Waals surface area contributed by atoms with Crippen LogP contribution >= 0.6 is 0 Å². The van der Waals surface area contributed by atoms with Crippen LogP contribution in [0.5, 0.6) is 0 Å². The molecule has 1 aromatic rings. The SMILES string of the molecule is Cc1ccc(F)c(C(=O)C2CCC(C)C2)c1. The highest BCUT2D eigenvalue weighted by molar-refractivity contribution is 5.98. The molecule has 1 saturated carbocycles. The molecule has 1 nitrogen and oxygen atoms in total. The van der Waals surface area contributed by atoms with Crippen molar-refractivity contribution in [3.05, 3.63) is 35.1 Å². The summed E-state index contributed by atoms with van der Waals surface area (Å²) in [6.07, 6.45) is 2.91. The summed E-state index contributed by atoms with van der Waals surface area (Å²) in [5.41, 5.74) is 1.22. The fourth-order valence-corrected chi connectivity index (χ4v) is 2.49. The Hall–Kier alpha value is -1.18. The first-order valence-corrected chi connectivity index (χ1v) is 5.88. The van der Waals surface area contributed by atoms with Crippen LogP contribution in [0.25, 0.3) is 0 Å². The number of benzene rings is 1. The van der Waals surface area contributed by atoms with Gasteiger partial charge >= 0.3 is 0 Å². The molecule has 86 valence electrons. The molecule has 0 aliphatic heterocycles. The third-order valence-electron chi connectivity index (χ3n) is 3.45. The zero-order valence-corrected chi connectivity index (χ0v) is 9.79. The highest BCUT2D eigenvalue weighted by Crippen LogP contribution is 2.33. The molecular weight excluding hydrogens is 203 g/mol. The van der Waals surface area contributed by atoms with Gasteiger partial charge in [0.2, 0.25) is 0 Å². The van der Waals surface area contributed by atoms with Crippen LogP contribution in [0.3, 0.4) is 0 Å². The van der Waals surface area contributed by atoms with Crippen LogP contribution in [-0.2, 0) is 0 Å². The molecule has 0 heterocycles. The lowest BCUT2D eigenvalue weighted by atomic mass is 9.94. The van der Waals surface area contributed by atoms with Crippen LogP contribution in [0.4, 0.5) is 4.39 Å². The van der Waals surface area contributed by atoms with Gasteiger partial charge < -0.3 is 0 Å². The molecular formula is C14H17FO.